The van der Waals surface area contributed by atoms with Gasteiger partial charge < -0.3 is 5.01 Å². The highest BCUT2D eigenvalue weighted by atomic mass is 15.6. The smallest absolute Gasteiger partial charge is 0.0723 e. The van der Waals surface area contributed by atoms with E-state index in [0.29, 0.717) is 12.1 Å². The first-order valence-electron chi connectivity index (χ1n) is 8.12. The predicted molar refractivity (Wildman–Crippen MR) is 95.0 cm³/mol. The molecule has 1 N–H and O–H groups in total. The van der Waals surface area contributed by atoms with Gasteiger partial charge in [0.05, 0.1) is 17.8 Å². The molecule has 0 bridgehead atoms. The molecule has 0 unspecified atom stereocenters. The van der Waals surface area contributed by atoms with E-state index in [1.807, 2.05) is 0 Å². The van der Waals surface area contributed by atoms with Crippen molar-refractivity contribution < 1.29 is 0 Å². The molecule has 23 heavy (non-hydrogen) atoms. The third-order valence-electron chi connectivity index (χ3n) is 4.49. The fourth-order valence-corrected chi connectivity index (χ4v) is 3.34. The Hall–Kier alpha value is -2.58. The molecule has 0 radical (unpaired) electrons. The first-order valence-corrected chi connectivity index (χ1v) is 8.12. The summed E-state index contributed by atoms with van der Waals surface area (Å²) in [4.78, 5) is 0. The van der Waals surface area contributed by atoms with Crippen molar-refractivity contribution in [1.82, 2.24) is 5.43 Å². The molecule has 2 atom stereocenters. The number of hydrogen-bond acceptors (Lipinski definition) is 2. The monoisotopic (exact) mass is 300 g/mol. The summed E-state index contributed by atoms with van der Waals surface area (Å²) in [5.74, 6) is 0. The lowest BCUT2D eigenvalue weighted by Gasteiger charge is -2.26. The number of para-hydroxylation sites is 1. The zero-order valence-corrected chi connectivity index (χ0v) is 13.0. The van der Waals surface area contributed by atoms with Crippen molar-refractivity contribution in [2.24, 2.45) is 0 Å². The Kier molecular flexibility index (Phi) is 3.83. The molecule has 0 spiro atoms. The van der Waals surface area contributed by atoms with Gasteiger partial charge in [0, 0.05) is 0 Å². The van der Waals surface area contributed by atoms with Gasteiger partial charge >= 0.3 is 0 Å². The molecule has 0 aromatic heterocycles. The number of anilines is 1. The van der Waals surface area contributed by atoms with Crippen LogP contribution in [0.15, 0.2) is 91.0 Å². The minimum atomic E-state index is 0.335. The van der Waals surface area contributed by atoms with E-state index < -0.39 is 0 Å². The maximum atomic E-state index is 3.71. The molecule has 1 saturated heterocycles. The van der Waals surface area contributed by atoms with Gasteiger partial charge in [-0.2, -0.15) is 0 Å². The van der Waals surface area contributed by atoms with Gasteiger partial charge in [-0.3, -0.25) is 0 Å². The van der Waals surface area contributed by atoms with E-state index >= 15 is 0 Å². The van der Waals surface area contributed by atoms with Crippen LogP contribution in [-0.4, -0.2) is 0 Å². The van der Waals surface area contributed by atoms with Crippen molar-refractivity contribution in [2.45, 2.75) is 18.5 Å². The number of hydrogen-bond donors (Lipinski definition) is 1. The minimum absolute atomic E-state index is 0.335. The van der Waals surface area contributed by atoms with Gasteiger partial charge in [0.25, 0.3) is 0 Å². The summed E-state index contributed by atoms with van der Waals surface area (Å²) in [6.07, 6.45) is 1.06. The van der Waals surface area contributed by atoms with Gasteiger partial charge in [-0.1, -0.05) is 78.9 Å². The van der Waals surface area contributed by atoms with E-state index in [0.717, 1.165) is 6.42 Å². The van der Waals surface area contributed by atoms with Crippen molar-refractivity contribution in [2.75, 3.05) is 5.01 Å². The van der Waals surface area contributed by atoms with Crippen LogP contribution in [0.1, 0.15) is 29.6 Å². The van der Waals surface area contributed by atoms with Gasteiger partial charge in [0.2, 0.25) is 0 Å². The Labute approximate surface area is 137 Å². The molecule has 0 saturated carbocycles. The molecule has 1 fully saturated rings. The Bertz CT molecular complexity index is 693. The first-order chi connectivity index (χ1) is 11.4. The SMILES string of the molecule is c1ccc([C@H]2C[C@H](c3ccccc3)NN2c2ccccc2)cc1. The molecule has 1 heterocycles. The lowest BCUT2D eigenvalue weighted by Crippen LogP contribution is -2.33. The Morgan fingerprint density at radius 2 is 1.17 bits per heavy atom. The number of benzene rings is 3. The van der Waals surface area contributed by atoms with Crippen LogP contribution < -0.4 is 10.4 Å². The van der Waals surface area contributed by atoms with E-state index in [1.165, 1.54) is 16.8 Å². The number of rotatable bonds is 3. The molecule has 114 valence electrons. The van der Waals surface area contributed by atoms with Crippen molar-refractivity contribution >= 4 is 5.69 Å². The molecular formula is C21H20N2. The van der Waals surface area contributed by atoms with Gasteiger partial charge in [-0.25, -0.2) is 5.43 Å². The van der Waals surface area contributed by atoms with Gasteiger partial charge in [-0.15, -0.1) is 0 Å². The molecule has 4 rings (SSSR count). The quantitative estimate of drug-likeness (QED) is 0.741. The summed E-state index contributed by atoms with van der Waals surface area (Å²) in [6.45, 7) is 0. The molecule has 1 aliphatic rings. The van der Waals surface area contributed by atoms with Crippen LogP contribution in [-0.2, 0) is 0 Å². The standard InChI is InChI=1S/C21H20N2/c1-4-10-17(11-5-1)20-16-21(18-12-6-2-7-13-18)23(22-20)19-14-8-3-9-15-19/h1-15,20-22H,16H2/t20-,21-/m1/s1. The van der Waals surface area contributed by atoms with Crippen molar-refractivity contribution in [1.29, 1.82) is 0 Å². The zero-order chi connectivity index (χ0) is 15.5. The maximum absolute atomic E-state index is 3.71. The predicted octanol–water partition coefficient (Wildman–Crippen LogP) is 4.88. The summed E-state index contributed by atoms with van der Waals surface area (Å²) in [6, 6.07) is 32.7. The average Bonchev–Trinajstić information content (AvgIpc) is 3.09. The van der Waals surface area contributed by atoms with E-state index in [9.17, 15) is 0 Å². The van der Waals surface area contributed by atoms with Crippen LogP contribution in [0.3, 0.4) is 0 Å². The molecule has 3 aromatic rings. The lowest BCUT2D eigenvalue weighted by atomic mass is 9.97. The van der Waals surface area contributed by atoms with Crippen LogP contribution in [0, 0.1) is 0 Å². The molecule has 0 aliphatic carbocycles. The van der Waals surface area contributed by atoms with Crippen molar-refractivity contribution in [3.05, 3.63) is 102 Å². The highest BCUT2D eigenvalue weighted by Crippen LogP contribution is 2.39. The third kappa shape index (κ3) is 2.86. The van der Waals surface area contributed by atoms with Crippen molar-refractivity contribution in [3.63, 3.8) is 0 Å². The average molecular weight is 300 g/mol. The van der Waals surface area contributed by atoms with Crippen LogP contribution in [0.2, 0.25) is 0 Å². The highest BCUT2D eigenvalue weighted by Gasteiger charge is 2.33. The number of hydrazine groups is 1. The lowest BCUT2D eigenvalue weighted by molar-refractivity contribution is 0.627. The van der Waals surface area contributed by atoms with Crippen LogP contribution in [0.25, 0.3) is 0 Å². The fraction of sp³-hybridized carbons (Fsp3) is 0.143. The second kappa shape index (κ2) is 6.27. The molecule has 0 amide bonds. The van der Waals surface area contributed by atoms with E-state index in [1.54, 1.807) is 0 Å². The second-order valence-electron chi connectivity index (χ2n) is 5.96. The Balaban J connectivity index is 1.70. The number of nitrogens with one attached hydrogen (secondary N) is 1. The summed E-state index contributed by atoms with van der Waals surface area (Å²) < 4.78 is 0. The normalized spacial score (nSPS) is 20.6. The summed E-state index contributed by atoms with van der Waals surface area (Å²) in [5, 5.41) is 2.31. The highest BCUT2D eigenvalue weighted by molar-refractivity contribution is 5.49. The zero-order valence-electron chi connectivity index (χ0n) is 13.0. The second-order valence-corrected chi connectivity index (χ2v) is 5.96. The molecule has 3 aromatic carbocycles. The van der Waals surface area contributed by atoms with E-state index in [-0.39, 0.29) is 0 Å². The molecular weight excluding hydrogens is 280 g/mol. The Morgan fingerprint density at radius 3 is 1.78 bits per heavy atom. The van der Waals surface area contributed by atoms with Gasteiger partial charge in [-0.05, 0) is 29.7 Å². The Morgan fingerprint density at radius 1 is 0.652 bits per heavy atom. The summed E-state index contributed by atoms with van der Waals surface area (Å²) in [7, 11) is 0. The first kappa shape index (κ1) is 14.0. The van der Waals surface area contributed by atoms with Crippen LogP contribution in [0.5, 0.6) is 0 Å². The van der Waals surface area contributed by atoms with E-state index in [4.69, 9.17) is 0 Å². The molecule has 1 aliphatic heterocycles. The summed E-state index contributed by atoms with van der Waals surface area (Å²) >= 11 is 0. The third-order valence-corrected chi connectivity index (χ3v) is 4.49. The van der Waals surface area contributed by atoms with Gasteiger partial charge in [0.15, 0.2) is 0 Å². The van der Waals surface area contributed by atoms with Crippen LogP contribution >= 0.6 is 0 Å². The van der Waals surface area contributed by atoms with Gasteiger partial charge in [0.1, 0.15) is 0 Å². The topological polar surface area (TPSA) is 15.3 Å². The number of nitrogens with zero attached hydrogens (tertiary/aromatic N) is 1. The fourth-order valence-electron chi connectivity index (χ4n) is 3.34. The van der Waals surface area contributed by atoms with E-state index in [2.05, 4.69) is 101 Å². The molecule has 2 nitrogen and oxygen atoms in total. The van der Waals surface area contributed by atoms with Crippen LogP contribution in [0.4, 0.5) is 5.69 Å². The maximum Gasteiger partial charge on any atom is 0.0723 e. The molecule has 2 heteroatoms. The van der Waals surface area contributed by atoms with Crippen molar-refractivity contribution in [3.8, 4) is 0 Å². The largest absolute Gasteiger partial charge is 0.300 e. The minimum Gasteiger partial charge on any atom is -0.300 e. The summed E-state index contributed by atoms with van der Waals surface area (Å²) in [5.41, 5.74) is 7.60.